The maximum Gasteiger partial charge on any atom is 0.223 e. The zero-order chi connectivity index (χ0) is 13.4. The van der Waals surface area contributed by atoms with E-state index >= 15 is 0 Å². The first-order valence-corrected chi connectivity index (χ1v) is 6.28. The summed E-state index contributed by atoms with van der Waals surface area (Å²) in [6.07, 6.45) is 1.15. The molecular formula is C14H22N2O2. The molecule has 0 spiro atoms. The van der Waals surface area contributed by atoms with Crippen molar-refractivity contribution in [1.29, 1.82) is 0 Å². The van der Waals surface area contributed by atoms with Gasteiger partial charge < -0.3 is 15.8 Å². The second kappa shape index (κ2) is 7.01. The Morgan fingerprint density at radius 2 is 2.06 bits per heavy atom. The second-order valence-corrected chi connectivity index (χ2v) is 4.58. The van der Waals surface area contributed by atoms with Crippen molar-refractivity contribution in [2.75, 3.05) is 13.2 Å². The predicted molar refractivity (Wildman–Crippen MR) is 72.4 cm³/mol. The topological polar surface area (TPSA) is 64.3 Å². The molecule has 0 aliphatic carbocycles. The van der Waals surface area contributed by atoms with Gasteiger partial charge in [-0.25, -0.2) is 0 Å². The lowest BCUT2D eigenvalue weighted by Gasteiger charge is -2.27. The molecule has 100 valence electrons. The molecule has 18 heavy (non-hydrogen) atoms. The maximum atomic E-state index is 11.7. The van der Waals surface area contributed by atoms with Crippen LogP contribution in [0.3, 0.4) is 0 Å². The van der Waals surface area contributed by atoms with Crippen LogP contribution in [0.25, 0.3) is 0 Å². The minimum atomic E-state index is -0.316. The largest absolute Gasteiger partial charge is 0.493 e. The van der Waals surface area contributed by atoms with Crippen molar-refractivity contribution in [3.63, 3.8) is 0 Å². The lowest BCUT2D eigenvalue weighted by molar-refractivity contribution is -0.123. The van der Waals surface area contributed by atoms with Crippen molar-refractivity contribution in [2.45, 2.75) is 32.2 Å². The Morgan fingerprint density at radius 1 is 1.39 bits per heavy atom. The standard InChI is InChI=1S/C14H22N2O2/c1-3-14(2,11-15)16-13(17)9-10-18-12-7-5-4-6-8-12/h4-8H,3,9-11,15H2,1-2H3,(H,16,17). The van der Waals surface area contributed by atoms with Crippen LogP contribution in [0.2, 0.25) is 0 Å². The number of ether oxygens (including phenoxy) is 1. The number of carbonyl (C=O) groups is 1. The van der Waals surface area contributed by atoms with Crippen LogP contribution >= 0.6 is 0 Å². The van der Waals surface area contributed by atoms with Crippen molar-refractivity contribution in [1.82, 2.24) is 5.32 Å². The summed E-state index contributed by atoms with van der Waals surface area (Å²) in [4.78, 5) is 11.7. The number of hydrogen-bond donors (Lipinski definition) is 2. The minimum absolute atomic E-state index is 0.0271. The van der Waals surface area contributed by atoms with Gasteiger partial charge in [0.1, 0.15) is 5.75 Å². The Hall–Kier alpha value is -1.55. The van der Waals surface area contributed by atoms with Gasteiger partial charge in [-0.15, -0.1) is 0 Å². The monoisotopic (exact) mass is 250 g/mol. The highest BCUT2D eigenvalue weighted by Crippen LogP contribution is 2.09. The third-order valence-corrected chi connectivity index (χ3v) is 3.01. The number of nitrogens with one attached hydrogen (secondary N) is 1. The zero-order valence-corrected chi connectivity index (χ0v) is 11.1. The number of para-hydroxylation sites is 1. The molecule has 1 amide bonds. The number of rotatable bonds is 7. The Kier molecular flexibility index (Phi) is 5.65. The smallest absolute Gasteiger partial charge is 0.223 e. The molecule has 4 nitrogen and oxygen atoms in total. The average Bonchev–Trinajstić information content (AvgIpc) is 2.40. The highest BCUT2D eigenvalue weighted by atomic mass is 16.5. The van der Waals surface area contributed by atoms with Crippen LogP contribution < -0.4 is 15.8 Å². The van der Waals surface area contributed by atoms with E-state index in [0.717, 1.165) is 12.2 Å². The molecule has 0 aromatic heterocycles. The Morgan fingerprint density at radius 3 is 2.61 bits per heavy atom. The third-order valence-electron chi connectivity index (χ3n) is 3.01. The van der Waals surface area contributed by atoms with Gasteiger partial charge in [0.15, 0.2) is 0 Å². The first kappa shape index (κ1) is 14.5. The molecule has 1 unspecified atom stereocenters. The van der Waals surface area contributed by atoms with Crippen LogP contribution in [0, 0.1) is 0 Å². The molecule has 0 aliphatic heterocycles. The van der Waals surface area contributed by atoms with Gasteiger partial charge >= 0.3 is 0 Å². The summed E-state index contributed by atoms with van der Waals surface area (Å²) in [7, 11) is 0. The molecule has 1 rings (SSSR count). The average molecular weight is 250 g/mol. The van der Waals surface area contributed by atoms with Crippen molar-refractivity contribution >= 4 is 5.91 Å². The molecular weight excluding hydrogens is 228 g/mol. The summed E-state index contributed by atoms with van der Waals surface area (Å²) >= 11 is 0. The molecule has 0 saturated carbocycles. The van der Waals surface area contributed by atoms with E-state index in [2.05, 4.69) is 5.32 Å². The number of amides is 1. The van der Waals surface area contributed by atoms with Crippen molar-refractivity contribution < 1.29 is 9.53 Å². The molecule has 0 saturated heterocycles. The first-order valence-electron chi connectivity index (χ1n) is 6.28. The number of hydrogen-bond acceptors (Lipinski definition) is 3. The highest BCUT2D eigenvalue weighted by molar-refractivity contribution is 5.76. The van der Waals surface area contributed by atoms with E-state index in [1.807, 2.05) is 44.2 Å². The molecule has 0 aliphatic rings. The zero-order valence-electron chi connectivity index (χ0n) is 11.1. The van der Waals surface area contributed by atoms with Gasteiger partial charge in [0.25, 0.3) is 0 Å². The summed E-state index contributed by atoms with van der Waals surface area (Å²) in [6, 6.07) is 9.46. The van der Waals surface area contributed by atoms with E-state index < -0.39 is 0 Å². The van der Waals surface area contributed by atoms with E-state index in [1.54, 1.807) is 0 Å². The van der Waals surface area contributed by atoms with Gasteiger partial charge in [-0.1, -0.05) is 25.1 Å². The van der Waals surface area contributed by atoms with Crippen LogP contribution in [0.1, 0.15) is 26.7 Å². The summed E-state index contributed by atoms with van der Waals surface area (Å²) < 4.78 is 5.47. The third kappa shape index (κ3) is 4.75. The molecule has 0 heterocycles. The Labute approximate surface area is 109 Å². The van der Waals surface area contributed by atoms with Crippen LogP contribution in [0.5, 0.6) is 5.75 Å². The van der Waals surface area contributed by atoms with Crippen molar-refractivity contribution in [3.8, 4) is 5.75 Å². The molecule has 3 N–H and O–H groups in total. The summed E-state index contributed by atoms with van der Waals surface area (Å²) in [6.45, 7) is 4.77. The quantitative estimate of drug-likeness (QED) is 0.774. The van der Waals surface area contributed by atoms with E-state index in [9.17, 15) is 4.79 Å². The normalized spacial score (nSPS) is 13.7. The fourth-order valence-electron chi connectivity index (χ4n) is 1.46. The maximum absolute atomic E-state index is 11.7. The summed E-state index contributed by atoms with van der Waals surface area (Å²) in [5.74, 6) is 0.753. The van der Waals surface area contributed by atoms with E-state index in [4.69, 9.17) is 10.5 Å². The molecule has 1 atom stereocenters. The molecule has 0 fully saturated rings. The van der Waals surface area contributed by atoms with Crippen LogP contribution in [0.15, 0.2) is 30.3 Å². The SMILES string of the molecule is CCC(C)(CN)NC(=O)CCOc1ccccc1. The van der Waals surface area contributed by atoms with Gasteiger partial charge in [-0.05, 0) is 25.5 Å². The van der Waals surface area contributed by atoms with Crippen molar-refractivity contribution in [2.24, 2.45) is 5.73 Å². The predicted octanol–water partition coefficient (Wildman–Crippen LogP) is 1.70. The van der Waals surface area contributed by atoms with E-state index in [1.165, 1.54) is 0 Å². The number of carbonyl (C=O) groups excluding carboxylic acids is 1. The lowest BCUT2D eigenvalue weighted by atomic mass is 9.99. The number of nitrogens with two attached hydrogens (primary N) is 1. The first-order chi connectivity index (χ1) is 8.59. The fraction of sp³-hybridized carbons (Fsp3) is 0.500. The van der Waals surface area contributed by atoms with Gasteiger partial charge in [-0.3, -0.25) is 4.79 Å². The van der Waals surface area contributed by atoms with Gasteiger partial charge in [-0.2, -0.15) is 0 Å². The molecule has 1 aromatic carbocycles. The Bertz CT molecular complexity index is 361. The van der Waals surface area contributed by atoms with Crippen LogP contribution in [-0.2, 0) is 4.79 Å². The minimum Gasteiger partial charge on any atom is -0.493 e. The number of benzene rings is 1. The lowest BCUT2D eigenvalue weighted by Crippen LogP contribution is -2.51. The molecule has 4 heteroatoms. The highest BCUT2D eigenvalue weighted by Gasteiger charge is 2.21. The van der Waals surface area contributed by atoms with E-state index in [-0.39, 0.29) is 11.4 Å². The fourth-order valence-corrected chi connectivity index (χ4v) is 1.46. The van der Waals surface area contributed by atoms with Gasteiger partial charge in [0, 0.05) is 12.1 Å². The van der Waals surface area contributed by atoms with Gasteiger partial charge in [0.2, 0.25) is 5.91 Å². The van der Waals surface area contributed by atoms with Gasteiger partial charge in [0.05, 0.1) is 13.0 Å². The van der Waals surface area contributed by atoms with Crippen LogP contribution in [0.4, 0.5) is 0 Å². The molecule has 1 aromatic rings. The molecule has 0 bridgehead atoms. The Balaban J connectivity index is 2.30. The van der Waals surface area contributed by atoms with Crippen LogP contribution in [-0.4, -0.2) is 24.6 Å². The second-order valence-electron chi connectivity index (χ2n) is 4.58. The summed E-state index contributed by atoms with van der Waals surface area (Å²) in [5, 5.41) is 2.94. The molecule has 0 radical (unpaired) electrons. The van der Waals surface area contributed by atoms with Crippen molar-refractivity contribution in [3.05, 3.63) is 30.3 Å². The van der Waals surface area contributed by atoms with E-state index in [0.29, 0.717) is 19.6 Å². The summed E-state index contributed by atoms with van der Waals surface area (Å²) in [5.41, 5.74) is 5.32.